The van der Waals surface area contributed by atoms with Gasteiger partial charge >= 0.3 is 0 Å². The van der Waals surface area contributed by atoms with Gasteiger partial charge in [-0.15, -0.1) is 0 Å². The molecular formula is C62H78ClF5N2O5S. The van der Waals surface area contributed by atoms with E-state index in [9.17, 15) is 22.0 Å². The van der Waals surface area contributed by atoms with Gasteiger partial charge in [0.05, 0.1) is 17.1 Å². The second kappa shape index (κ2) is 35.5. The summed E-state index contributed by atoms with van der Waals surface area (Å²) in [4.78, 5) is 0. The largest absolute Gasteiger partial charge is 0.466 e. The van der Waals surface area contributed by atoms with E-state index in [0.29, 0.717) is 57.3 Å². The van der Waals surface area contributed by atoms with Crippen molar-refractivity contribution in [3.63, 3.8) is 0 Å². The van der Waals surface area contributed by atoms with Crippen molar-refractivity contribution < 1.29 is 44.4 Å². The van der Waals surface area contributed by atoms with Crippen LogP contribution in [0.5, 0.6) is 0 Å². The number of nitrogens with zero attached hydrogens (tertiary/aromatic N) is 2. The molecule has 7 aromatic rings. The lowest BCUT2D eigenvalue weighted by molar-refractivity contribution is 0.139. The molecule has 0 fully saturated rings. The molecule has 0 aliphatic carbocycles. The van der Waals surface area contributed by atoms with E-state index < -0.39 is 24.2 Å². The second-order valence-electron chi connectivity index (χ2n) is 19.4. The number of furan rings is 4. The molecule has 0 N–H and O–H groups in total. The third-order valence-electron chi connectivity index (χ3n) is 10.2. The molecule has 0 saturated heterocycles. The predicted molar refractivity (Wildman–Crippen MR) is 302 cm³/mol. The van der Waals surface area contributed by atoms with Crippen molar-refractivity contribution in [3.05, 3.63) is 183 Å². The highest BCUT2D eigenvalue weighted by molar-refractivity contribution is 7.98. The number of thioether (sulfide) groups is 1. The van der Waals surface area contributed by atoms with Crippen LogP contribution in [0.25, 0.3) is 0 Å². The summed E-state index contributed by atoms with van der Waals surface area (Å²) in [5.74, 6) is 21.8. The Morgan fingerprint density at radius 2 is 1.04 bits per heavy atom. The lowest BCUT2D eigenvalue weighted by Gasteiger charge is -2.05. The van der Waals surface area contributed by atoms with Gasteiger partial charge in [-0.2, -0.15) is 16.9 Å². The highest BCUT2D eigenvalue weighted by Crippen LogP contribution is 2.27. The highest BCUT2D eigenvalue weighted by atomic mass is 35.5. The van der Waals surface area contributed by atoms with E-state index in [4.69, 9.17) is 34.0 Å². The van der Waals surface area contributed by atoms with Crippen LogP contribution in [0.15, 0.2) is 121 Å². The van der Waals surface area contributed by atoms with Crippen molar-refractivity contribution >= 4 is 23.4 Å². The molecule has 0 saturated carbocycles. The number of halogens is 6. The highest BCUT2D eigenvalue weighted by Gasteiger charge is 2.22. The van der Waals surface area contributed by atoms with Gasteiger partial charge in [0.2, 0.25) is 0 Å². The molecule has 0 spiro atoms. The van der Waals surface area contributed by atoms with E-state index >= 15 is 0 Å². The van der Waals surface area contributed by atoms with Crippen molar-refractivity contribution in [2.45, 2.75) is 139 Å². The number of rotatable bonds is 13. The first-order valence-electron chi connectivity index (χ1n) is 25.5. The SMILES string of the molecule is CC(C)c1ccc(C#Cc2ccccc2Cl)o1.CC(C)c1ccc(C#Cc2ccccc2F)o1.CC(C)c1ccc(Cn2nc(C(F)F)cc2C(F)F)o1.CCc1ccc(C(C)C)o1.COCC(C)C.CSCC(C)C. The van der Waals surface area contributed by atoms with Gasteiger partial charge in [-0.3, -0.25) is 4.68 Å². The molecule has 5 heterocycles. The molecule has 5 aromatic heterocycles. The summed E-state index contributed by atoms with van der Waals surface area (Å²) in [5.41, 5.74) is 0.00500. The van der Waals surface area contributed by atoms with Gasteiger partial charge < -0.3 is 22.4 Å². The zero-order chi connectivity index (χ0) is 56.9. The molecule has 0 unspecified atom stereocenters. The Morgan fingerprint density at radius 1 is 0.579 bits per heavy atom. The zero-order valence-electron chi connectivity index (χ0n) is 46.9. The first-order chi connectivity index (χ1) is 36.0. The number of aromatic nitrogens is 2. The summed E-state index contributed by atoms with van der Waals surface area (Å²) in [6.45, 7) is 28.0. The molecule has 414 valence electrons. The first kappa shape index (κ1) is 66.3. The van der Waals surface area contributed by atoms with Crippen molar-refractivity contribution in [3.8, 4) is 23.7 Å². The van der Waals surface area contributed by atoms with Crippen molar-refractivity contribution in [1.82, 2.24) is 9.78 Å². The molecular weight excluding hydrogens is 1020 g/mol. The van der Waals surface area contributed by atoms with Crippen molar-refractivity contribution in [2.75, 3.05) is 25.7 Å². The molecule has 0 atom stereocenters. The van der Waals surface area contributed by atoms with Crippen LogP contribution in [-0.2, 0) is 17.7 Å². The number of hydrogen-bond acceptors (Lipinski definition) is 7. The summed E-state index contributed by atoms with van der Waals surface area (Å²) >= 11 is 7.92. The van der Waals surface area contributed by atoms with Crippen LogP contribution in [0.3, 0.4) is 0 Å². The van der Waals surface area contributed by atoms with Gasteiger partial charge in [0.15, 0.2) is 11.5 Å². The lowest BCUT2D eigenvalue weighted by Crippen LogP contribution is -2.06. The van der Waals surface area contributed by atoms with E-state index in [-0.39, 0.29) is 18.3 Å². The van der Waals surface area contributed by atoms with Crippen LogP contribution in [-0.4, -0.2) is 35.5 Å². The number of hydrogen-bond donors (Lipinski definition) is 0. The van der Waals surface area contributed by atoms with Crippen LogP contribution in [0.4, 0.5) is 22.0 Å². The van der Waals surface area contributed by atoms with E-state index in [1.54, 1.807) is 37.4 Å². The topological polar surface area (TPSA) is 79.6 Å². The smallest absolute Gasteiger partial charge is 0.282 e. The van der Waals surface area contributed by atoms with Crippen molar-refractivity contribution in [1.29, 1.82) is 0 Å². The minimum Gasteiger partial charge on any atom is -0.466 e. The molecule has 7 rings (SSSR count). The van der Waals surface area contributed by atoms with Crippen LogP contribution in [0.1, 0.15) is 195 Å². The monoisotopic (exact) mass is 1090 g/mol. The molecule has 0 aliphatic heterocycles. The van der Waals surface area contributed by atoms with Gasteiger partial charge in [0.25, 0.3) is 12.9 Å². The molecule has 76 heavy (non-hydrogen) atoms. The first-order valence-corrected chi connectivity index (χ1v) is 27.3. The third-order valence-corrected chi connectivity index (χ3v) is 11.5. The Morgan fingerprint density at radius 3 is 1.41 bits per heavy atom. The summed E-state index contributed by atoms with van der Waals surface area (Å²) in [6, 6.07) is 29.7. The zero-order valence-corrected chi connectivity index (χ0v) is 48.4. The maximum absolute atomic E-state index is 13.3. The van der Waals surface area contributed by atoms with Crippen LogP contribution < -0.4 is 0 Å². The van der Waals surface area contributed by atoms with Gasteiger partial charge in [-0.05, 0) is 115 Å². The van der Waals surface area contributed by atoms with E-state index in [0.717, 1.165) is 58.3 Å². The summed E-state index contributed by atoms with van der Waals surface area (Å²) < 4.78 is 91.7. The Hall–Kier alpha value is -5.86. The van der Waals surface area contributed by atoms with Crippen LogP contribution in [0, 0.1) is 41.3 Å². The predicted octanol–water partition coefficient (Wildman–Crippen LogP) is 19.2. The molecule has 7 nitrogen and oxygen atoms in total. The third kappa shape index (κ3) is 25.3. The standard InChI is InChI=1S/C15H13ClO.C15H13FO.C13H14F4N2O.C9H14O.C5H12O.C5H12S/c2*1-11(2)15-10-9-13(17-15)8-7-12-5-3-4-6-14(12)16;1-7(2)11-4-3-8(20-11)6-19-10(13(16)17)5-9(18-19)12(14)15;1-4-8-5-6-9(10-8)7(2)3;2*1-5(2)4-6-3/h2*3-6,9-11H,1-2H3;3-5,7,12-13H,6H2,1-2H3;5-7H,4H2,1-3H3;2*5H,4H2,1-3H3. The molecule has 14 heteroatoms. The summed E-state index contributed by atoms with van der Waals surface area (Å²) in [5, 5.41) is 4.17. The lowest BCUT2D eigenvalue weighted by atomic mass is 10.2. The number of aryl methyl sites for hydroxylation is 1. The van der Waals surface area contributed by atoms with E-state index in [2.05, 4.69) is 109 Å². The van der Waals surface area contributed by atoms with Crippen LogP contribution in [0.2, 0.25) is 5.02 Å². The van der Waals surface area contributed by atoms with Gasteiger partial charge in [-0.1, -0.05) is 138 Å². The van der Waals surface area contributed by atoms with E-state index in [1.165, 1.54) is 11.8 Å². The second-order valence-corrected chi connectivity index (χ2v) is 20.7. The molecule has 0 radical (unpaired) electrons. The van der Waals surface area contributed by atoms with Gasteiger partial charge in [0, 0.05) is 49.4 Å². The molecule has 0 amide bonds. The summed E-state index contributed by atoms with van der Waals surface area (Å²) in [7, 11) is 1.72. The molecule has 0 aliphatic rings. The quantitative estimate of drug-likeness (QED) is 0.0841. The maximum atomic E-state index is 13.3. The van der Waals surface area contributed by atoms with Crippen molar-refractivity contribution in [2.24, 2.45) is 11.8 Å². The Kier molecular flexibility index (Phi) is 30.9. The number of methoxy groups -OCH3 is 1. The number of ether oxygens (including phenoxy) is 1. The van der Waals surface area contributed by atoms with Crippen LogP contribution >= 0.6 is 23.4 Å². The minimum absolute atomic E-state index is 0.0981. The van der Waals surface area contributed by atoms with Gasteiger partial charge in [0.1, 0.15) is 51.8 Å². The summed E-state index contributed by atoms with van der Waals surface area (Å²) in [6.07, 6.45) is -2.61. The average molecular weight is 1090 g/mol. The Balaban J connectivity index is 0.000000328. The molecule has 0 bridgehead atoms. The minimum atomic E-state index is -2.88. The van der Waals surface area contributed by atoms with E-state index in [1.807, 2.05) is 88.0 Å². The number of benzene rings is 2. The fourth-order valence-corrected chi connectivity index (χ4v) is 7.05. The fraction of sp³-hybridized carbons (Fsp3) is 0.435. The Labute approximate surface area is 458 Å². The fourth-order valence-electron chi connectivity index (χ4n) is 6.20. The van der Waals surface area contributed by atoms with Gasteiger partial charge in [-0.25, -0.2) is 22.0 Å². The normalized spacial score (nSPS) is 10.7. The average Bonchev–Trinajstić information content (AvgIpc) is 4.23. The maximum Gasteiger partial charge on any atom is 0.282 e. The molecule has 2 aromatic carbocycles. The number of alkyl halides is 4. The Bertz CT molecular complexity index is 2690.